The van der Waals surface area contributed by atoms with Gasteiger partial charge < -0.3 is 14.2 Å². The molecule has 1 saturated heterocycles. The number of methoxy groups -OCH3 is 1. The van der Waals surface area contributed by atoms with Gasteiger partial charge >= 0.3 is 0 Å². The summed E-state index contributed by atoms with van der Waals surface area (Å²) in [4.78, 5) is 11.3. The van der Waals surface area contributed by atoms with Gasteiger partial charge in [-0.05, 0) is 38.0 Å². The summed E-state index contributed by atoms with van der Waals surface area (Å²) in [5, 5.41) is 0. The van der Waals surface area contributed by atoms with Crippen LogP contribution < -0.4 is 9.47 Å². The van der Waals surface area contributed by atoms with Gasteiger partial charge in [0.2, 0.25) is 0 Å². The van der Waals surface area contributed by atoms with Gasteiger partial charge in [-0.3, -0.25) is 4.79 Å². The molecule has 0 spiro atoms. The van der Waals surface area contributed by atoms with Gasteiger partial charge in [-0.1, -0.05) is 0 Å². The Hall–Kier alpha value is -1.55. The van der Waals surface area contributed by atoms with Crippen LogP contribution in [0.4, 0.5) is 0 Å². The Bertz CT molecular complexity index is 422. The van der Waals surface area contributed by atoms with Crippen molar-refractivity contribution in [3.05, 3.63) is 23.8 Å². The Balaban J connectivity index is 2.04. The molecule has 0 saturated carbocycles. The Morgan fingerprint density at radius 2 is 2.28 bits per heavy atom. The van der Waals surface area contributed by atoms with Crippen LogP contribution in [-0.4, -0.2) is 32.2 Å². The third kappa shape index (κ3) is 3.01. The Morgan fingerprint density at radius 1 is 1.44 bits per heavy atom. The molecule has 1 heterocycles. The van der Waals surface area contributed by atoms with Crippen molar-refractivity contribution in [1.29, 1.82) is 0 Å². The van der Waals surface area contributed by atoms with Gasteiger partial charge in [0, 0.05) is 12.2 Å². The van der Waals surface area contributed by atoms with Crippen molar-refractivity contribution in [3.63, 3.8) is 0 Å². The number of Topliss-reactive ketones (excluding diaryl/α,β-unsaturated/α-hetero) is 1. The lowest BCUT2D eigenvalue weighted by atomic mass is 10.1. The molecular weight excluding hydrogens is 232 g/mol. The molecule has 2 rings (SSSR count). The Labute approximate surface area is 107 Å². The van der Waals surface area contributed by atoms with Gasteiger partial charge in [-0.15, -0.1) is 0 Å². The number of carbonyl (C=O) groups is 1. The molecule has 4 heteroatoms. The van der Waals surface area contributed by atoms with Crippen LogP contribution >= 0.6 is 0 Å². The molecule has 1 fully saturated rings. The van der Waals surface area contributed by atoms with E-state index >= 15 is 0 Å². The van der Waals surface area contributed by atoms with E-state index < -0.39 is 0 Å². The zero-order chi connectivity index (χ0) is 13.0. The van der Waals surface area contributed by atoms with Gasteiger partial charge in [0.05, 0.1) is 13.2 Å². The number of hydrogen-bond donors (Lipinski definition) is 0. The minimum atomic E-state index is 0.0129. The smallest absolute Gasteiger partial charge is 0.161 e. The van der Waals surface area contributed by atoms with Crippen molar-refractivity contribution in [2.75, 3.05) is 20.3 Å². The summed E-state index contributed by atoms with van der Waals surface area (Å²) in [5.74, 6) is 1.25. The Morgan fingerprint density at radius 3 is 2.89 bits per heavy atom. The Kier molecular flexibility index (Phi) is 4.20. The van der Waals surface area contributed by atoms with E-state index in [4.69, 9.17) is 14.2 Å². The van der Waals surface area contributed by atoms with Crippen LogP contribution in [0.5, 0.6) is 11.5 Å². The maximum atomic E-state index is 11.3. The predicted octanol–water partition coefficient (Wildman–Crippen LogP) is 2.46. The minimum Gasteiger partial charge on any atom is -0.493 e. The first kappa shape index (κ1) is 12.9. The molecule has 0 aliphatic carbocycles. The monoisotopic (exact) mass is 250 g/mol. The number of ether oxygens (including phenoxy) is 3. The first-order valence-electron chi connectivity index (χ1n) is 6.14. The van der Waals surface area contributed by atoms with Crippen LogP contribution in [-0.2, 0) is 4.74 Å². The van der Waals surface area contributed by atoms with Gasteiger partial charge in [0.1, 0.15) is 6.61 Å². The van der Waals surface area contributed by atoms with Crippen LogP contribution in [0.25, 0.3) is 0 Å². The number of benzene rings is 1. The van der Waals surface area contributed by atoms with E-state index in [1.165, 1.54) is 6.92 Å². The maximum absolute atomic E-state index is 11.3. The lowest BCUT2D eigenvalue weighted by Crippen LogP contribution is -2.16. The van der Waals surface area contributed by atoms with Crippen molar-refractivity contribution >= 4 is 5.78 Å². The molecule has 0 N–H and O–H groups in total. The van der Waals surface area contributed by atoms with Crippen molar-refractivity contribution in [2.24, 2.45) is 0 Å². The highest BCUT2D eigenvalue weighted by molar-refractivity contribution is 5.94. The summed E-state index contributed by atoms with van der Waals surface area (Å²) in [6.45, 7) is 2.87. The minimum absolute atomic E-state index is 0.0129. The lowest BCUT2D eigenvalue weighted by Gasteiger charge is -2.14. The van der Waals surface area contributed by atoms with E-state index in [2.05, 4.69) is 0 Å². The predicted molar refractivity (Wildman–Crippen MR) is 67.5 cm³/mol. The van der Waals surface area contributed by atoms with Crippen molar-refractivity contribution in [2.45, 2.75) is 25.9 Å². The first-order valence-corrected chi connectivity index (χ1v) is 6.14. The third-order valence-electron chi connectivity index (χ3n) is 3.02. The van der Waals surface area contributed by atoms with Gasteiger partial charge in [-0.2, -0.15) is 0 Å². The average Bonchev–Trinajstić information content (AvgIpc) is 2.89. The van der Waals surface area contributed by atoms with E-state index in [1.807, 2.05) is 0 Å². The van der Waals surface area contributed by atoms with Crippen molar-refractivity contribution < 1.29 is 19.0 Å². The summed E-state index contributed by atoms with van der Waals surface area (Å²) in [5.41, 5.74) is 0.622. The molecule has 1 aromatic carbocycles. The molecule has 1 aliphatic rings. The van der Waals surface area contributed by atoms with Gasteiger partial charge in [0.25, 0.3) is 0 Å². The highest BCUT2D eigenvalue weighted by Gasteiger charge is 2.17. The zero-order valence-corrected chi connectivity index (χ0v) is 10.8. The first-order chi connectivity index (χ1) is 8.70. The fourth-order valence-corrected chi connectivity index (χ4v) is 1.96. The molecule has 4 nitrogen and oxygen atoms in total. The van der Waals surface area contributed by atoms with Crippen molar-refractivity contribution in [3.8, 4) is 11.5 Å². The third-order valence-corrected chi connectivity index (χ3v) is 3.02. The number of hydrogen-bond acceptors (Lipinski definition) is 4. The van der Waals surface area contributed by atoms with Crippen LogP contribution in [0, 0.1) is 0 Å². The average molecular weight is 250 g/mol. The highest BCUT2D eigenvalue weighted by atomic mass is 16.5. The van der Waals surface area contributed by atoms with Crippen LogP contribution in [0.15, 0.2) is 18.2 Å². The van der Waals surface area contributed by atoms with E-state index in [9.17, 15) is 4.79 Å². The second-order valence-corrected chi connectivity index (χ2v) is 4.37. The molecule has 98 valence electrons. The molecule has 0 unspecified atom stereocenters. The largest absolute Gasteiger partial charge is 0.493 e. The van der Waals surface area contributed by atoms with Crippen LogP contribution in [0.1, 0.15) is 30.1 Å². The molecule has 0 amide bonds. The standard InChI is InChI=1S/C14H18O4/c1-10(15)11-5-6-13(14(8-11)16-2)18-9-12-4-3-7-17-12/h5-6,8,12H,3-4,7,9H2,1-2H3/t12-/m0/s1. The van der Waals surface area contributed by atoms with Crippen LogP contribution in [0.3, 0.4) is 0 Å². The van der Waals surface area contributed by atoms with E-state index in [0.717, 1.165) is 19.4 Å². The zero-order valence-electron chi connectivity index (χ0n) is 10.8. The van der Waals surface area contributed by atoms with E-state index in [1.54, 1.807) is 25.3 Å². The molecule has 1 aliphatic heterocycles. The van der Waals surface area contributed by atoms with E-state index in [0.29, 0.717) is 23.7 Å². The van der Waals surface area contributed by atoms with Gasteiger partial charge in [-0.25, -0.2) is 0 Å². The number of carbonyl (C=O) groups excluding carboxylic acids is 1. The summed E-state index contributed by atoms with van der Waals surface area (Å²) in [6.07, 6.45) is 2.30. The molecule has 1 aromatic rings. The molecule has 0 radical (unpaired) electrons. The summed E-state index contributed by atoms with van der Waals surface area (Å²) in [6, 6.07) is 5.22. The summed E-state index contributed by atoms with van der Waals surface area (Å²) < 4.78 is 16.4. The highest BCUT2D eigenvalue weighted by Crippen LogP contribution is 2.29. The van der Waals surface area contributed by atoms with Gasteiger partial charge in [0.15, 0.2) is 17.3 Å². The maximum Gasteiger partial charge on any atom is 0.161 e. The summed E-state index contributed by atoms with van der Waals surface area (Å²) in [7, 11) is 1.57. The number of rotatable bonds is 5. The summed E-state index contributed by atoms with van der Waals surface area (Å²) >= 11 is 0. The van der Waals surface area contributed by atoms with Crippen molar-refractivity contribution in [1.82, 2.24) is 0 Å². The number of ketones is 1. The second kappa shape index (κ2) is 5.87. The molecule has 18 heavy (non-hydrogen) atoms. The van der Waals surface area contributed by atoms with E-state index in [-0.39, 0.29) is 11.9 Å². The fraction of sp³-hybridized carbons (Fsp3) is 0.500. The molecule has 0 aromatic heterocycles. The molecule has 0 bridgehead atoms. The quantitative estimate of drug-likeness (QED) is 0.753. The molecular formula is C14H18O4. The topological polar surface area (TPSA) is 44.8 Å². The molecule has 1 atom stereocenters. The normalized spacial score (nSPS) is 18.7. The SMILES string of the molecule is COc1cc(C(C)=O)ccc1OC[C@@H]1CCCO1. The fourth-order valence-electron chi connectivity index (χ4n) is 1.96. The van der Waals surface area contributed by atoms with Crippen LogP contribution in [0.2, 0.25) is 0 Å². The second-order valence-electron chi connectivity index (χ2n) is 4.37. The lowest BCUT2D eigenvalue weighted by molar-refractivity contribution is 0.0669.